The maximum Gasteiger partial charge on any atom is 0.161 e. The highest BCUT2D eigenvalue weighted by Crippen LogP contribution is 2.29. The Morgan fingerprint density at radius 3 is 2.95 bits per heavy atom. The molecule has 0 amide bonds. The molecule has 6 heteroatoms. The van der Waals surface area contributed by atoms with Crippen molar-refractivity contribution in [3.63, 3.8) is 0 Å². The quantitative estimate of drug-likeness (QED) is 0.831. The van der Waals surface area contributed by atoms with Gasteiger partial charge in [0.25, 0.3) is 0 Å². The molecular weight excluding hydrogens is 294 g/mol. The Morgan fingerprint density at radius 1 is 1.50 bits per heavy atom. The topological polar surface area (TPSA) is 53.1 Å². The zero-order valence-electron chi connectivity index (χ0n) is 11.5. The van der Waals surface area contributed by atoms with Crippen LogP contribution in [0.15, 0.2) is 35.4 Å². The van der Waals surface area contributed by atoms with Crippen LogP contribution in [-0.4, -0.2) is 22.6 Å². The highest BCUT2D eigenvalue weighted by molar-refractivity contribution is 7.99. The third-order valence-electron chi connectivity index (χ3n) is 2.94. The first-order valence-electron chi connectivity index (χ1n) is 6.39. The summed E-state index contributed by atoms with van der Waals surface area (Å²) in [5.74, 6) is 1.48. The minimum atomic E-state index is -0.142. The first-order chi connectivity index (χ1) is 9.65. The molecule has 0 aliphatic rings. The fourth-order valence-corrected chi connectivity index (χ4v) is 3.15. The SMILES string of the molecule is CCn1ncc(OC)c1C(N)CSc1cccc(Cl)c1. The van der Waals surface area contributed by atoms with Crippen LogP contribution in [0.25, 0.3) is 0 Å². The van der Waals surface area contributed by atoms with Gasteiger partial charge in [0.05, 0.1) is 25.0 Å². The van der Waals surface area contributed by atoms with Crippen molar-refractivity contribution >= 4 is 23.4 Å². The van der Waals surface area contributed by atoms with Gasteiger partial charge in [-0.3, -0.25) is 4.68 Å². The minimum Gasteiger partial charge on any atom is -0.493 e. The van der Waals surface area contributed by atoms with Crippen molar-refractivity contribution < 1.29 is 4.74 Å². The highest BCUT2D eigenvalue weighted by atomic mass is 35.5. The lowest BCUT2D eigenvalue weighted by atomic mass is 10.2. The van der Waals surface area contributed by atoms with Crippen molar-refractivity contribution in [1.29, 1.82) is 0 Å². The number of methoxy groups -OCH3 is 1. The summed E-state index contributed by atoms with van der Waals surface area (Å²) in [5, 5.41) is 5.01. The molecule has 1 atom stereocenters. The Bertz CT molecular complexity index is 552. The molecule has 1 aromatic heterocycles. The summed E-state index contributed by atoms with van der Waals surface area (Å²) < 4.78 is 7.20. The molecule has 2 N–H and O–H groups in total. The monoisotopic (exact) mass is 311 g/mol. The summed E-state index contributed by atoms with van der Waals surface area (Å²) in [6, 6.07) is 7.62. The average Bonchev–Trinajstić information content (AvgIpc) is 2.88. The highest BCUT2D eigenvalue weighted by Gasteiger charge is 2.18. The molecule has 0 bridgehead atoms. The van der Waals surface area contributed by atoms with Crippen LogP contribution in [0.2, 0.25) is 5.02 Å². The zero-order chi connectivity index (χ0) is 14.5. The lowest BCUT2D eigenvalue weighted by Gasteiger charge is -2.15. The average molecular weight is 312 g/mol. The van der Waals surface area contributed by atoms with Crippen LogP contribution in [0, 0.1) is 0 Å². The third kappa shape index (κ3) is 3.48. The van der Waals surface area contributed by atoms with E-state index in [9.17, 15) is 0 Å². The van der Waals surface area contributed by atoms with E-state index in [1.165, 1.54) is 0 Å². The number of nitrogens with two attached hydrogens (primary N) is 1. The van der Waals surface area contributed by atoms with Gasteiger partial charge in [-0.2, -0.15) is 5.10 Å². The van der Waals surface area contributed by atoms with Gasteiger partial charge in [0.2, 0.25) is 0 Å². The fraction of sp³-hybridized carbons (Fsp3) is 0.357. The fourth-order valence-electron chi connectivity index (χ4n) is 1.98. The van der Waals surface area contributed by atoms with Crippen LogP contribution in [0.3, 0.4) is 0 Å². The maximum atomic E-state index is 6.28. The van der Waals surface area contributed by atoms with Gasteiger partial charge < -0.3 is 10.5 Å². The van der Waals surface area contributed by atoms with Crippen molar-refractivity contribution in [3.8, 4) is 5.75 Å². The number of nitrogens with zero attached hydrogens (tertiary/aromatic N) is 2. The molecule has 0 spiro atoms. The van der Waals surface area contributed by atoms with Crippen molar-refractivity contribution in [1.82, 2.24) is 9.78 Å². The predicted molar refractivity (Wildman–Crippen MR) is 83.6 cm³/mol. The molecule has 0 aliphatic carbocycles. The first kappa shape index (κ1) is 15.2. The van der Waals surface area contributed by atoms with Gasteiger partial charge >= 0.3 is 0 Å². The van der Waals surface area contributed by atoms with Gasteiger partial charge in [0, 0.05) is 22.2 Å². The predicted octanol–water partition coefficient (Wildman–Crippen LogP) is 3.36. The van der Waals surface area contributed by atoms with E-state index in [1.54, 1.807) is 25.1 Å². The Kier molecular flexibility index (Phi) is 5.34. The van der Waals surface area contributed by atoms with E-state index < -0.39 is 0 Å². The number of rotatable bonds is 6. The second-order valence-electron chi connectivity index (χ2n) is 4.29. The van der Waals surface area contributed by atoms with Gasteiger partial charge in [-0.15, -0.1) is 11.8 Å². The lowest BCUT2D eigenvalue weighted by molar-refractivity contribution is 0.403. The normalized spacial score (nSPS) is 12.4. The molecule has 20 heavy (non-hydrogen) atoms. The van der Waals surface area contributed by atoms with Crippen molar-refractivity contribution in [2.45, 2.75) is 24.4 Å². The molecule has 2 rings (SSSR count). The number of aromatic nitrogens is 2. The Balaban J connectivity index is 2.08. The lowest BCUT2D eigenvalue weighted by Crippen LogP contribution is -2.19. The maximum absolute atomic E-state index is 6.28. The largest absolute Gasteiger partial charge is 0.493 e. The molecule has 0 saturated carbocycles. The molecule has 0 radical (unpaired) electrons. The molecule has 1 aromatic carbocycles. The van der Waals surface area contributed by atoms with Crippen LogP contribution < -0.4 is 10.5 Å². The van der Waals surface area contributed by atoms with Gasteiger partial charge in [0.15, 0.2) is 5.75 Å². The van der Waals surface area contributed by atoms with Crippen LogP contribution >= 0.6 is 23.4 Å². The molecule has 0 fully saturated rings. The zero-order valence-corrected chi connectivity index (χ0v) is 13.1. The smallest absolute Gasteiger partial charge is 0.161 e. The molecule has 4 nitrogen and oxygen atoms in total. The van der Waals surface area contributed by atoms with Crippen LogP contribution in [0.1, 0.15) is 18.7 Å². The molecule has 1 unspecified atom stereocenters. The molecular formula is C14H18ClN3OS. The van der Waals surface area contributed by atoms with E-state index >= 15 is 0 Å². The van der Waals surface area contributed by atoms with Gasteiger partial charge in [0.1, 0.15) is 0 Å². The third-order valence-corrected chi connectivity index (χ3v) is 4.29. The summed E-state index contributed by atoms with van der Waals surface area (Å²) in [7, 11) is 1.64. The summed E-state index contributed by atoms with van der Waals surface area (Å²) in [6.45, 7) is 2.81. The summed E-state index contributed by atoms with van der Waals surface area (Å²) in [6.07, 6.45) is 1.71. The van der Waals surface area contributed by atoms with E-state index in [4.69, 9.17) is 22.1 Å². The van der Waals surface area contributed by atoms with Gasteiger partial charge in [-0.25, -0.2) is 0 Å². The summed E-state index contributed by atoms with van der Waals surface area (Å²) >= 11 is 7.65. The number of aryl methyl sites for hydroxylation is 1. The second kappa shape index (κ2) is 7.02. The van der Waals surface area contributed by atoms with E-state index in [2.05, 4.69) is 5.10 Å². The number of ether oxygens (including phenoxy) is 1. The summed E-state index contributed by atoms with van der Waals surface area (Å²) in [5.41, 5.74) is 7.22. The minimum absolute atomic E-state index is 0.142. The standard InChI is InChI=1S/C14H18ClN3OS/c1-3-18-14(13(19-2)8-17-18)12(16)9-20-11-6-4-5-10(15)7-11/h4-8,12H,3,9,16H2,1-2H3. The van der Waals surface area contributed by atoms with Crippen molar-refractivity contribution in [2.75, 3.05) is 12.9 Å². The number of hydrogen-bond donors (Lipinski definition) is 1. The number of halogens is 1. The Hall–Kier alpha value is -1.17. The number of hydrogen-bond acceptors (Lipinski definition) is 4. The van der Waals surface area contributed by atoms with Crippen LogP contribution in [0.4, 0.5) is 0 Å². The Labute approximate surface area is 128 Å². The number of benzene rings is 1. The van der Waals surface area contributed by atoms with E-state index in [1.807, 2.05) is 35.9 Å². The molecule has 2 aromatic rings. The van der Waals surface area contributed by atoms with Crippen LogP contribution in [0.5, 0.6) is 5.75 Å². The summed E-state index contributed by atoms with van der Waals surface area (Å²) in [4.78, 5) is 1.11. The first-order valence-corrected chi connectivity index (χ1v) is 7.75. The molecule has 1 heterocycles. The van der Waals surface area contributed by atoms with Crippen LogP contribution in [-0.2, 0) is 6.54 Å². The van der Waals surface area contributed by atoms with E-state index in [0.717, 1.165) is 33.7 Å². The number of thioether (sulfide) groups is 1. The second-order valence-corrected chi connectivity index (χ2v) is 5.82. The van der Waals surface area contributed by atoms with Crippen molar-refractivity contribution in [3.05, 3.63) is 41.2 Å². The molecule has 0 aliphatic heterocycles. The van der Waals surface area contributed by atoms with E-state index in [0.29, 0.717) is 0 Å². The van der Waals surface area contributed by atoms with Gasteiger partial charge in [-0.1, -0.05) is 17.7 Å². The molecule has 108 valence electrons. The van der Waals surface area contributed by atoms with Crippen molar-refractivity contribution in [2.24, 2.45) is 5.73 Å². The van der Waals surface area contributed by atoms with Gasteiger partial charge in [-0.05, 0) is 25.1 Å². The Morgan fingerprint density at radius 2 is 2.30 bits per heavy atom. The van der Waals surface area contributed by atoms with E-state index in [-0.39, 0.29) is 6.04 Å². The molecule has 0 saturated heterocycles.